The average molecular weight is 161 g/mol. The van der Waals surface area contributed by atoms with E-state index in [-0.39, 0.29) is 5.83 Å². The fraction of sp³-hybridized carbons (Fsp3) is 0.556. The molecule has 0 aliphatic carbocycles. The zero-order valence-electron chi connectivity index (χ0n) is 8.24. The Balaban J connectivity index is -0.000000138. The number of nitrogens with one attached hydrogen (secondary N) is 1. The van der Waals surface area contributed by atoms with Gasteiger partial charge >= 0.3 is 0 Å². The Morgan fingerprint density at radius 2 is 1.64 bits per heavy atom. The maximum absolute atomic E-state index is 11.8. The normalized spacial score (nSPS) is 8.00. The second-order valence-corrected chi connectivity index (χ2v) is 1.02. The Labute approximate surface area is 70.0 Å². The van der Waals surface area contributed by atoms with E-state index in [0.29, 0.717) is 0 Å². The van der Waals surface area contributed by atoms with E-state index in [1.54, 1.807) is 7.05 Å². The predicted octanol–water partition coefficient (Wildman–Crippen LogP) is 3.26. The minimum atomic E-state index is -0.345. The molecule has 0 bridgehead atoms. The summed E-state index contributed by atoms with van der Waals surface area (Å²) in [6, 6.07) is 0. The number of hydrogen-bond acceptors (Lipinski definition) is 1. The lowest BCUT2D eigenvalue weighted by molar-refractivity contribution is 0.658. The smallest absolute Gasteiger partial charge is 0.138 e. The number of hydrogen-bond donors (Lipinski definition) is 1. The van der Waals surface area contributed by atoms with Gasteiger partial charge in [-0.3, -0.25) is 0 Å². The fourth-order valence-corrected chi connectivity index (χ4v) is 0.197. The molecule has 0 heterocycles. The van der Waals surface area contributed by atoms with Gasteiger partial charge in [0, 0.05) is 13.2 Å². The van der Waals surface area contributed by atoms with Crippen LogP contribution in [0.1, 0.15) is 27.7 Å². The Kier molecular flexibility index (Phi) is 34.6. The highest BCUT2D eigenvalue weighted by Gasteiger charge is 1.76. The van der Waals surface area contributed by atoms with Crippen LogP contribution in [-0.4, -0.2) is 7.05 Å². The third kappa shape index (κ3) is 27.0. The van der Waals surface area contributed by atoms with E-state index < -0.39 is 0 Å². The molecule has 0 fully saturated rings. The summed E-state index contributed by atoms with van der Waals surface area (Å²) in [7, 11) is 1.63. The predicted molar refractivity (Wildman–Crippen MR) is 51.1 cm³/mol. The minimum Gasteiger partial charge on any atom is -0.392 e. The molecule has 0 aromatic heterocycles. The Hall–Kier alpha value is -0.790. The molecule has 11 heavy (non-hydrogen) atoms. The minimum absolute atomic E-state index is 0.345. The van der Waals surface area contributed by atoms with Crippen LogP contribution in [0.3, 0.4) is 0 Å². The van der Waals surface area contributed by atoms with Crippen LogP contribution in [0.2, 0.25) is 0 Å². The summed E-state index contributed by atoms with van der Waals surface area (Å²) in [5, 5.41) is 2.51. The van der Waals surface area contributed by atoms with E-state index in [1.807, 2.05) is 27.7 Å². The van der Waals surface area contributed by atoms with Gasteiger partial charge in [-0.05, 0) is 6.08 Å². The van der Waals surface area contributed by atoms with Crippen molar-refractivity contribution in [2.45, 2.75) is 27.7 Å². The van der Waals surface area contributed by atoms with E-state index in [4.69, 9.17) is 0 Å². The van der Waals surface area contributed by atoms with Gasteiger partial charge in [0.1, 0.15) is 5.83 Å². The molecule has 0 rings (SSSR count). The first-order valence-corrected chi connectivity index (χ1v) is 3.96. The largest absolute Gasteiger partial charge is 0.392 e. The number of allylic oxidation sites excluding steroid dienone is 2. The highest BCUT2D eigenvalue weighted by atomic mass is 19.1. The Morgan fingerprint density at radius 3 is 1.73 bits per heavy atom. The molecule has 0 aromatic rings. The zero-order valence-corrected chi connectivity index (χ0v) is 8.24. The second kappa shape index (κ2) is 22.9. The molecule has 0 unspecified atom stereocenters. The fourth-order valence-electron chi connectivity index (χ4n) is 0.197. The molecule has 0 amide bonds. The van der Waals surface area contributed by atoms with Gasteiger partial charge < -0.3 is 5.32 Å². The zero-order chi connectivity index (χ0) is 9.70. The van der Waals surface area contributed by atoms with Gasteiger partial charge in [-0.1, -0.05) is 34.3 Å². The van der Waals surface area contributed by atoms with Crippen molar-refractivity contribution in [2.24, 2.45) is 0 Å². The van der Waals surface area contributed by atoms with Crippen LogP contribution in [0.25, 0.3) is 0 Å². The first kappa shape index (κ1) is 16.7. The molecule has 0 saturated carbocycles. The van der Waals surface area contributed by atoms with Crippen LogP contribution in [0, 0.1) is 0 Å². The Morgan fingerprint density at radius 1 is 1.27 bits per heavy atom. The number of halogens is 1. The Bertz CT molecular complexity index is 87.6. The van der Waals surface area contributed by atoms with Gasteiger partial charge in [-0.25, -0.2) is 4.39 Å². The monoisotopic (exact) mass is 161 g/mol. The first-order chi connectivity index (χ1) is 5.31. The molecular weight excluding hydrogens is 141 g/mol. The molecule has 0 aromatic carbocycles. The average Bonchev–Trinajstić information content (AvgIpc) is 2.12. The molecule has 1 nitrogen and oxygen atoms in total. The van der Waals surface area contributed by atoms with Crippen molar-refractivity contribution < 1.29 is 4.39 Å². The van der Waals surface area contributed by atoms with Gasteiger partial charge in [0.05, 0.1) is 0 Å². The van der Waals surface area contributed by atoms with Crippen molar-refractivity contribution in [3.05, 3.63) is 24.7 Å². The van der Waals surface area contributed by atoms with Crippen LogP contribution in [0.4, 0.5) is 4.39 Å². The maximum atomic E-state index is 11.8. The van der Waals surface area contributed by atoms with Crippen LogP contribution < -0.4 is 5.32 Å². The van der Waals surface area contributed by atoms with Gasteiger partial charge in [0.2, 0.25) is 0 Å². The van der Waals surface area contributed by atoms with Crippen LogP contribution in [0.5, 0.6) is 0 Å². The third-order valence-electron chi connectivity index (χ3n) is 0.477. The summed E-state index contributed by atoms with van der Waals surface area (Å²) < 4.78 is 11.8. The summed E-state index contributed by atoms with van der Waals surface area (Å²) in [4.78, 5) is 0. The van der Waals surface area contributed by atoms with Crippen molar-refractivity contribution >= 4 is 0 Å². The summed E-state index contributed by atoms with van der Waals surface area (Å²) in [6.07, 6.45) is 2.36. The lowest BCUT2D eigenvalue weighted by Crippen LogP contribution is -1.91. The quantitative estimate of drug-likeness (QED) is 0.613. The third-order valence-corrected chi connectivity index (χ3v) is 0.477. The molecule has 0 spiro atoms. The molecular formula is C9H20FN. The molecule has 0 aliphatic heterocycles. The summed E-state index contributed by atoms with van der Waals surface area (Å²) in [6.45, 7) is 11.2. The van der Waals surface area contributed by atoms with Gasteiger partial charge in [0.25, 0.3) is 0 Å². The van der Waals surface area contributed by atoms with Gasteiger partial charge in [-0.15, -0.1) is 0 Å². The molecule has 0 radical (unpaired) electrons. The highest BCUT2D eigenvalue weighted by Crippen LogP contribution is 1.91. The van der Waals surface area contributed by atoms with Crippen molar-refractivity contribution in [2.75, 3.05) is 7.05 Å². The highest BCUT2D eigenvalue weighted by molar-refractivity contribution is 5.05. The van der Waals surface area contributed by atoms with E-state index in [1.165, 1.54) is 6.20 Å². The maximum Gasteiger partial charge on any atom is 0.138 e. The van der Waals surface area contributed by atoms with Crippen molar-refractivity contribution in [1.29, 1.82) is 0 Å². The molecule has 68 valence electrons. The van der Waals surface area contributed by atoms with Crippen molar-refractivity contribution in [3.63, 3.8) is 0 Å². The van der Waals surface area contributed by atoms with Crippen molar-refractivity contribution in [1.82, 2.24) is 5.32 Å². The van der Waals surface area contributed by atoms with E-state index in [9.17, 15) is 4.39 Å². The summed E-state index contributed by atoms with van der Waals surface area (Å²) >= 11 is 0. The lowest BCUT2D eigenvalue weighted by atomic mass is 10.5. The molecule has 0 atom stereocenters. The topological polar surface area (TPSA) is 12.0 Å². The molecule has 2 heteroatoms. The van der Waals surface area contributed by atoms with Crippen molar-refractivity contribution in [3.8, 4) is 0 Å². The van der Waals surface area contributed by atoms with Crippen LogP contribution in [0.15, 0.2) is 24.7 Å². The second-order valence-electron chi connectivity index (χ2n) is 1.02. The summed E-state index contributed by atoms with van der Waals surface area (Å²) in [5.74, 6) is -0.345. The summed E-state index contributed by atoms with van der Waals surface area (Å²) in [5.41, 5.74) is 0. The molecule has 1 N–H and O–H groups in total. The molecule has 0 aliphatic rings. The standard InChI is InChI=1S/C5H8FN.2C2H6/c1-3-5(6)4-7-2;2*1-2/h3-4,7H,1H2,2H3;2*1-2H3/b5-4+;;. The van der Waals surface area contributed by atoms with E-state index >= 15 is 0 Å². The van der Waals surface area contributed by atoms with E-state index in [2.05, 4.69) is 11.9 Å². The van der Waals surface area contributed by atoms with Crippen LogP contribution >= 0.6 is 0 Å². The molecule has 0 saturated heterocycles. The van der Waals surface area contributed by atoms with Gasteiger partial charge in [0.15, 0.2) is 0 Å². The first-order valence-electron chi connectivity index (χ1n) is 3.96. The number of rotatable bonds is 2. The van der Waals surface area contributed by atoms with Crippen LogP contribution in [-0.2, 0) is 0 Å². The van der Waals surface area contributed by atoms with Gasteiger partial charge in [-0.2, -0.15) is 0 Å². The van der Waals surface area contributed by atoms with E-state index in [0.717, 1.165) is 6.08 Å². The SMILES string of the molecule is C=C/C(F)=C\NC.CC.CC. The lowest BCUT2D eigenvalue weighted by Gasteiger charge is -1.83.